The lowest BCUT2D eigenvalue weighted by Crippen LogP contribution is -2.30. The monoisotopic (exact) mass is 460 g/mol. The number of imide groups is 1. The average Bonchev–Trinajstić information content (AvgIpc) is 3.05. The van der Waals surface area contributed by atoms with E-state index in [1.54, 1.807) is 43.6 Å². The van der Waals surface area contributed by atoms with Gasteiger partial charge in [-0.05, 0) is 36.8 Å². The van der Waals surface area contributed by atoms with Crippen molar-refractivity contribution in [3.63, 3.8) is 0 Å². The number of benzene rings is 1. The lowest BCUT2D eigenvalue weighted by atomic mass is 10.0. The first kappa shape index (κ1) is 23.9. The Morgan fingerprint density at radius 3 is 2.42 bits per heavy atom. The van der Waals surface area contributed by atoms with Crippen molar-refractivity contribution in [2.24, 2.45) is 0 Å². The molecule has 1 aliphatic rings. The van der Waals surface area contributed by atoms with Crippen LogP contribution in [0.4, 0.5) is 0 Å². The number of carbonyl (C=O) groups excluding carboxylic acids is 2. The fourth-order valence-electron chi connectivity index (χ4n) is 3.57. The van der Waals surface area contributed by atoms with E-state index in [1.165, 1.54) is 12.2 Å². The van der Waals surface area contributed by atoms with Crippen molar-refractivity contribution in [3.8, 4) is 11.1 Å². The largest absolute Gasteiger partial charge is 0.272 e. The fourth-order valence-corrected chi connectivity index (χ4v) is 3.78. The zero-order chi connectivity index (χ0) is 24.1. The molecule has 1 fully saturated rings. The molecule has 33 heavy (non-hydrogen) atoms. The molecular weight excluding hydrogens is 436 g/mol. The Labute approximate surface area is 197 Å². The summed E-state index contributed by atoms with van der Waals surface area (Å²) in [5.41, 5.74) is 2.28. The summed E-state index contributed by atoms with van der Waals surface area (Å²) < 4.78 is 0. The molecule has 3 heterocycles. The average molecular weight is 461 g/mol. The molecule has 0 unspecified atom stereocenters. The number of likely N-dealkylation sites (tertiary alicyclic amines) is 1. The van der Waals surface area contributed by atoms with E-state index in [0.717, 1.165) is 16.0 Å². The van der Waals surface area contributed by atoms with E-state index in [4.69, 9.17) is 0 Å². The molecule has 1 aliphatic heterocycles. The zero-order valence-electron chi connectivity index (χ0n) is 18.6. The second-order valence-corrected chi connectivity index (χ2v) is 7.42. The maximum absolute atomic E-state index is 12.8. The first-order valence-corrected chi connectivity index (χ1v) is 10.9. The molecule has 168 valence electrons. The number of amides is 2. The molecular formula is C25H24N4O3S. The van der Waals surface area contributed by atoms with Gasteiger partial charge in [-0.15, -0.1) is 12.6 Å². The van der Waals surface area contributed by atoms with Crippen LogP contribution in [0.5, 0.6) is 0 Å². The van der Waals surface area contributed by atoms with E-state index in [0.29, 0.717) is 26.9 Å². The van der Waals surface area contributed by atoms with Crippen molar-refractivity contribution in [1.82, 2.24) is 20.1 Å². The lowest BCUT2D eigenvalue weighted by Gasteiger charge is -2.14. The number of aromatic nitrogens is 3. The smallest absolute Gasteiger partial charge is 0.269 e. The molecule has 1 saturated heterocycles. The van der Waals surface area contributed by atoms with Gasteiger partial charge >= 0.3 is 0 Å². The van der Waals surface area contributed by atoms with Crippen molar-refractivity contribution in [1.29, 1.82) is 0 Å². The van der Waals surface area contributed by atoms with Crippen LogP contribution in [0.25, 0.3) is 21.9 Å². The SMILES string of the molecule is C=C/C=C1/C(=O)N(Cc2n[nH]c(=O)c3ccc(-c4cncc(S)c4)cc23)C(=O)/C1=C/C.CC. The Morgan fingerprint density at radius 2 is 1.76 bits per heavy atom. The van der Waals surface area contributed by atoms with Crippen LogP contribution in [0.3, 0.4) is 0 Å². The molecule has 0 spiro atoms. The van der Waals surface area contributed by atoms with E-state index in [1.807, 2.05) is 19.9 Å². The number of hydrogen-bond acceptors (Lipinski definition) is 6. The molecule has 0 saturated carbocycles. The standard InChI is InChI=1S/C23H18N4O3S.C2H6/c1-3-5-18-16(4-2)22(29)27(23(18)30)12-20-19-9-13(14-8-15(31)11-24-10-14)6-7-17(19)21(28)26-25-20;1-2/h3-11,31H,1,12H2,2H3,(H,26,28);1-2H3/b16-4+,18-5+;. The van der Waals surface area contributed by atoms with Gasteiger partial charge in [0, 0.05) is 33.8 Å². The van der Waals surface area contributed by atoms with Crippen molar-refractivity contribution in [2.45, 2.75) is 32.2 Å². The summed E-state index contributed by atoms with van der Waals surface area (Å²) in [6.07, 6.45) is 7.91. The number of fused-ring (bicyclic) bond motifs is 1. The highest BCUT2D eigenvalue weighted by Crippen LogP contribution is 2.29. The number of nitrogens with one attached hydrogen (secondary N) is 1. The fraction of sp³-hybridized carbons (Fsp3) is 0.160. The predicted octanol–water partition coefficient (Wildman–Crippen LogP) is 4.23. The quantitative estimate of drug-likeness (QED) is 0.345. The number of carbonyl (C=O) groups is 2. The summed E-state index contributed by atoms with van der Waals surface area (Å²) in [5, 5.41) is 7.55. The minimum Gasteiger partial charge on any atom is -0.269 e. The van der Waals surface area contributed by atoms with Gasteiger partial charge in [0.25, 0.3) is 17.4 Å². The third-order valence-electron chi connectivity index (χ3n) is 5.05. The topological polar surface area (TPSA) is 96.0 Å². The Morgan fingerprint density at radius 1 is 1.03 bits per heavy atom. The summed E-state index contributed by atoms with van der Waals surface area (Å²) in [7, 11) is 0. The number of rotatable bonds is 4. The van der Waals surface area contributed by atoms with E-state index in [-0.39, 0.29) is 17.7 Å². The summed E-state index contributed by atoms with van der Waals surface area (Å²) in [5.74, 6) is -0.841. The minimum atomic E-state index is -0.428. The van der Waals surface area contributed by atoms with Crippen molar-refractivity contribution in [3.05, 3.63) is 88.7 Å². The number of aromatic amines is 1. The van der Waals surface area contributed by atoms with Gasteiger partial charge in [0.2, 0.25) is 0 Å². The molecule has 7 nitrogen and oxygen atoms in total. The van der Waals surface area contributed by atoms with Crippen LogP contribution in [0.1, 0.15) is 26.5 Å². The van der Waals surface area contributed by atoms with Gasteiger partial charge < -0.3 is 0 Å². The van der Waals surface area contributed by atoms with Crippen molar-refractivity contribution < 1.29 is 9.59 Å². The van der Waals surface area contributed by atoms with Crippen LogP contribution in [0, 0.1) is 0 Å². The van der Waals surface area contributed by atoms with Gasteiger partial charge in [-0.1, -0.05) is 38.6 Å². The first-order valence-electron chi connectivity index (χ1n) is 10.5. The molecule has 2 amide bonds. The van der Waals surface area contributed by atoms with Crippen LogP contribution < -0.4 is 5.56 Å². The molecule has 2 aromatic heterocycles. The molecule has 0 atom stereocenters. The van der Waals surface area contributed by atoms with E-state index in [2.05, 4.69) is 34.4 Å². The number of H-pyrrole nitrogens is 1. The molecule has 3 aromatic rings. The van der Waals surface area contributed by atoms with Gasteiger partial charge in [-0.2, -0.15) is 5.10 Å². The Balaban J connectivity index is 0.00000149. The van der Waals surface area contributed by atoms with Crippen molar-refractivity contribution in [2.75, 3.05) is 0 Å². The minimum absolute atomic E-state index is 0.0783. The van der Waals surface area contributed by atoms with Gasteiger partial charge in [0.05, 0.1) is 23.2 Å². The Hall–Kier alpha value is -3.78. The number of thiol groups is 1. The van der Waals surface area contributed by atoms with Crippen LogP contribution in [0.15, 0.2) is 82.3 Å². The Kier molecular flexibility index (Phi) is 7.40. The maximum Gasteiger partial charge on any atom is 0.272 e. The number of allylic oxidation sites excluding steroid dienone is 3. The first-order chi connectivity index (χ1) is 15.9. The number of hydrogen-bond donors (Lipinski definition) is 2. The van der Waals surface area contributed by atoms with Crippen LogP contribution in [0.2, 0.25) is 0 Å². The van der Waals surface area contributed by atoms with Crippen LogP contribution in [-0.4, -0.2) is 31.9 Å². The number of nitrogens with zero attached hydrogens (tertiary/aromatic N) is 3. The Bertz CT molecular complexity index is 1370. The highest BCUT2D eigenvalue weighted by molar-refractivity contribution is 7.80. The van der Waals surface area contributed by atoms with E-state index >= 15 is 0 Å². The second kappa shape index (κ2) is 10.2. The summed E-state index contributed by atoms with van der Waals surface area (Å²) in [6, 6.07) is 7.16. The van der Waals surface area contributed by atoms with E-state index in [9.17, 15) is 14.4 Å². The summed E-state index contributed by atoms with van der Waals surface area (Å²) in [6.45, 7) is 9.23. The van der Waals surface area contributed by atoms with Crippen LogP contribution in [-0.2, 0) is 16.1 Å². The highest BCUT2D eigenvalue weighted by Gasteiger charge is 2.38. The predicted molar refractivity (Wildman–Crippen MR) is 132 cm³/mol. The second-order valence-electron chi connectivity index (χ2n) is 6.91. The molecule has 0 aliphatic carbocycles. The molecule has 0 radical (unpaired) electrons. The maximum atomic E-state index is 12.8. The molecule has 4 rings (SSSR count). The summed E-state index contributed by atoms with van der Waals surface area (Å²) >= 11 is 4.33. The van der Waals surface area contributed by atoms with E-state index < -0.39 is 11.8 Å². The number of pyridine rings is 1. The van der Waals surface area contributed by atoms with Gasteiger partial charge in [0.15, 0.2) is 0 Å². The molecule has 1 aromatic carbocycles. The highest BCUT2D eigenvalue weighted by atomic mass is 32.1. The molecule has 1 N–H and O–H groups in total. The third-order valence-corrected chi connectivity index (χ3v) is 5.29. The molecule has 8 heteroatoms. The third kappa shape index (κ3) is 4.56. The van der Waals surface area contributed by atoms with Gasteiger partial charge in [0.1, 0.15) is 0 Å². The van der Waals surface area contributed by atoms with Crippen molar-refractivity contribution >= 4 is 35.2 Å². The van der Waals surface area contributed by atoms with Crippen LogP contribution >= 0.6 is 12.6 Å². The lowest BCUT2D eigenvalue weighted by molar-refractivity contribution is -0.137. The van der Waals surface area contributed by atoms with Gasteiger partial charge in [-0.3, -0.25) is 24.3 Å². The normalized spacial score (nSPS) is 15.8. The summed E-state index contributed by atoms with van der Waals surface area (Å²) in [4.78, 5) is 43.9. The van der Waals surface area contributed by atoms with Gasteiger partial charge in [-0.25, -0.2) is 5.10 Å². The zero-order valence-corrected chi connectivity index (χ0v) is 19.5. The molecule has 0 bridgehead atoms.